The zero-order chi connectivity index (χ0) is 23.0. The Balaban J connectivity index is 1.56. The quantitative estimate of drug-likeness (QED) is 0.191. The Bertz CT molecular complexity index is 1240. The van der Waals surface area contributed by atoms with Crippen molar-refractivity contribution in [3.05, 3.63) is 107 Å². The Labute approximate surface area is 201 Å². The lowest BCUT2D eigenvalue weighted by molar-refractivity contribution is 0.100. The van der Waals surface area contributed by atoms with Gasteiger partial charge in [-0.05, 0) is 35.9 Å². The van der Waals surface area contributed by atoms with Crippen molar-refractivity contribution in [3.8, 4) is 11.1 Å². The number of aromatic amines is 1. The number of benzene rings is 3. The zero-order valence-corrected chi connectivity index (χ0v) is 19.1. The number of hydrazine groups is 1. The standard InChI is InChI=1S/C25H21Cl2N5O/c26-20-8-4-7-19(13-20)25(33)30-17-32(31-12-11-21-15-28-16-29-21)22-9-10-23(24(27)14-22)18-5-2-1-3-6-18/h1-10,13-17,31H,11-12H2,(H,28,29). The number of carbonyl (C=O) groups is 1. The molecule has 8 heteroatoms. The second kappa shape index (κ2) is 10.9. The summed E-state index contributed by atoms with van der Waals surface area (Å²) in [6, 6.07) is 22.3. The maximum atomic E-state index is 12.5. The average molecular weight is 478 g/mol. The van der Waals surface area contributed by atoms with Crippen LogP contribution in [0.3, 0.4) is 0 Å². The predicted octanol–water partition coefficient (Wildman–Crippen LogP) is 5.81. The molecule has 6 nitrogen and oxygen atoms in total. The molecular formula is C25H21Cl2N5O. The van der Waals surface area contributed by atoms with Gasteiger partial charge in [0.15, 0.2) is 0 Å². The largest absolute Gasteiger partial charge is 0.348 e. The van der Waals surface area contributed by atoms with Gasteiger partial charge in [-0.15, -0.1) is 0 Å². The van der Waals surface area contributed by atoms with E-state index < -0.39 is 5.91 Å². The number of imidazole rings is 1. The molecule has 1 heterocycles. The summed E-state index contributed by atoms with van der Waals surface area (Å²) in [5.41, 5.74) is 7.37. The normalized spacial score (nSPS) is 11.1. The smallest absolute Gasteiger partial charge is 0.278 e. The molecule has 0 saturated heterocycles. The number of hydrogen-bond acceptors (Lipinski definition) is 3. The van der Waals surface area contributed by atoms with Crippen molar-refractivity contribution in [3.63, 3.8) is 0 Å². The van der Waals surface area contributed by atoms with Gasteiger partial charge in [-0.2, -0.15) is 4.99 Å². The third-order valence-corrected chi connectivity index (χ3v) is 5.46. The topological polar surface area (TPSA) is 73.4 Å². The van der Waals surface area contributed by atoms with Crippen LogP contribution in [-0.2, 0) is 6.42 Å². The third-order valence-electron chi connectivity index (χ3n) is 4.91. The molecule has 1 aromatic heterocycles. The van der Waals surface area contributed by atoms with E-state index in [0.717, 1.165) is 22.5 Å². The first-order valence-corrected chi connectivity index (χ1v) is 11.0. The second-order valence-corrected chi connectivity index (χ2v) is 8.04. The highest BCUT2D eigenvalue weighted by molar-refractivity contribution is 6.33. The Kier molecular flexibility index (Phi) is 7.52. The number of carbonyl (C=O) groups excluding carboxylic acids is 1. The van der Waals surface area contributed by atoms with Crippen molar-refractivity contribution in [1.29, 1.82) is 0 Å². The van der Waals surface area contributed by atoms with Crippen LogP contribution in [0.1, 0.15) is 16.1 Å². The summed E-state index contributed by atoms with van der Waals surface area (Å²) >= 11 is 12.6. The fraction of sp³-hybridized carbons (Fsp3) is 0.0800. The Morgan fingerprint density at radius 2 is 1.91 bits per heavy atom. The van der Waals surface area contributed by atoms with Gasteiger partial charge in [0.1, 0.15) is 6.34 Å². The Morgan fingerprint density at radius 3 is 2.64 bits per heavy atom. The molecule has 2 N–H and O–H groups in total. The minimum atomic E-state index is -0.398. The molecular weight excluding hydrogens is 457 g/mol. The molecule has 4 rings (SSSR count). The van der Waals surface area contributed by atoms with Crippen LogP contribution < -0.4 is 10.4 Å². The summed E-state index contributed by atoms with van der Waals surface area (Å²) < 4.78 is 0. The van der Waals surface area contributed by atoms with Gasteiger partial charge in [0.2, 0.25) is 0 Å². The van der Waals surface area contributed by atoms with Crippen LogP contribution in [-0.4, -0.2) is 28.8 Å². The molecule has 0 aliphatic heterocycles. The summed E-state index contributed by atoms with van der Waals surface area (Å²) in [6.45, 7) is 0.581. The number of hydrogen-bond donors (Lipinski definition) is 2. The molecule has 0 aliphatic rings. The molecule has 0 saturated carbocycles. The fourth-order valence-corrected chi connectivity index (χ4v) is 3.72. The number of amides is 1. The molecule has 166 valence electrons. The molecule has 0 radical (unpaired) electrons. The van der Waals surface area contributed by atoms with E-state index in [9.17, 15) is 4.79 Å². The summed E-state index contributed by atoms with van der Waals surface area (Å²) in [4.78, 5) is 23.8. The van der Waals surface area contributed by atoms with Gasteiger partial charge in [0.25, 0.3) is 5.91 Å². The number of nitrogens with zero attached hydrogens (tertiary/aromatic N) is 3. The van der Waals surface area contributed by atoms with Gasteiger partial charge in [-0.3, -0.25) is 9.80 Å². The van der Waals surface area contributed by atoms with E-state index in [0.29, 0.717) is 28.6 Å². The summed E-state index contributed by atoms with van der Waals surface area (Å²) in [6.07, 6.45) is 5.57. The fourth-order valence-electron chi connectivity index (χ4n) is 3.24. The van der Waals surface area contributed by atoms with E-state index in [4.69, 9.17) is 23.2 Å². The molecule has 1 amide bonds. The maximum absolute atomic E-state index is 12.5. The van der Waals surface area contributed by atoms with Crippen LogP contribution in [0, 0.1) is 0 Å². The van der Waals surface area contributed by atoms with Gasteiger partial charge >= 0.3 is 0 Å². The molecule has 33 heavy (non-hydrogen) atoms. The summed E-state index contributed by atoms with van der Waals surface area (Å²) in [7, 11) is 0. The SMILES string of the molecule is O=C(N=CN(NCCc1cnc[nH]1)c1ccc(-c2ccccc2)c(Cl)c1)c1cccc(Cl)c1. The third kappa shape index (κ3) is 6.08. The van der Waals surface area contributed by atoms with E-state index in [1.165, 1.54) is 6.34 Å². The van der Waals surface area contributed by atoms with Gasteiger partial charge in [0.05, 0.1) is 17.0 Å². The number of anilines is 1. The first kappa shape index (κ1) is 22.7. The lowest BCUT2D eigenvalue weighted by atomic mass is 10.1. The van der Waals surface area contributed by atoms with Crippen molar-refractivity contribution in [2.24, 2.45) is 4.99 Å². The van der Waals surface area contributed by atoms with Crippen LogP contribution in [0.4, 0.5) is 5.69 Å². The highest BCUT2D eigenvalue weighted by atomic mass is 35.5. The molecule has 0 fully saturated rings. The van der Waals surface area contributed by atoms with Crippen LogP contribution >= 0.6 is 23.2 Å². The van der Waals surface area contributed by atoms with Gasteiger partial charge in [-0.25, -0.2) is 10.4 Å². The molecule has 3 aromatic carbocycles. The van der Waals surface area contributed by atoms with E-state index >= 15 is 0 Å². The highest BCUT2D eigenvalue weighted by Gasteiger charge is 2.11. The molecule has 0 spiro atoms. The Morgan fingerprint density at radius 1 is 1.06 bits per heavy atom. The van der Waals surface area contributed by atoms with Crippen LogP contribution in [0.25, 0.3) is 11.1 Å². The molecule has 0 unspecified atom stereocenters. The molecule has 0 aliphatic carbocycles. The van der Waals surface area contributed by atoms with Crippen molar-refractivity contribution >= 4 is 41.1 Å². The highest BCUT2D eigenvalue weighted by Crippen LogP contribution is 2.31. The number of aliphatic imine (C=N–C) groups is 1. The van der Waals surface area contributed by atoms with E-state index in [2.05, 4.69) is 20.4 Å². The lowest BCUT2D eigenvalue weighted by Crippen LogP contribution is -2.38. The van der Waals surface area contributed by atoms with Crippen molar-refractivity contribution in [1.82, 2.24) is 15.4 Å². The van der Waals surface area contributed by atoms with Crippen LogP contribution in [0.2, 0.25) is 10.0 Å². The molecule has 0 atom stereocenters. The van der Waals surface area contributed by atoms with Crippen molar-refractivity contribution < 1.29 is 4.79 Å². The van der Waals surface area contributed by atoms with Crippen LogP contribution in [0.5, 0.6) is 0 Å². The Hall–Kier alpha value is -3.45. The maximum Gasteiger partial charge on any atom is 0.278 e. The number of H-pyrrole nitrogens is 1. The summed E-state index contributed by atoms with van der Waals surface area (Å²) in [5.74, 6) is -0.398. The number of nitrogens with one attached hydrogen (secondary N) is 2. The van der Waals surface area contributed by atoms with Crippen molar-refractivity contribution in [2.45, 2.75) is 6.42 Å². The predicted molar refractivity (Wildman–Crippen MR) is 134 cm³/mol. The first-order valence-electron chi connectivity index (χ1n) is 10.3. The monoisotopic (exact) mass is 477 g/mol. The summed E-state index contributed by atoms with van der Waals surface area (Å²) in [5, 5.41) is 2.75. The van der Waals surface area contributed by atoms with Crippen molar-refractivity contribution in [2.75, 3.05) is 11.6 Å². The van der Waals surface area contributed by atoms with Crippen LogP contribution in [0.15, 0.2) is 90.3 Å². The average Bonchev–Trinajstić information content (AvgIpc) is 3.35. The van der Waals surface area contributed by atoms with E-state index in [1.807, 2.05) is 48.5 Å². The van der Waals surface area contributed by atoms with E-state index in [-0.39, 0.29) is 0 Å². The van der Waals surface area contributed by atoms with Gasteiger partial charge in [-0.1, -0.05) is 65.7 Å². The first-order chi connectivity index (χ1) is 16.1. The minimum Gasteiger partial charge on any atom is -0.348 e. The minimum absolute atomic E-state index is 0.398. The molecule has 0 bridgehead atoms. The number of halogens is 2. The van der Waals surface area contributed by atoms with E-state index in [1.54, 1.807) is 41.8 Å². The molecule has 4 aromatic rings. The zero-order valence-electron chi connectivity index (χ0n) is 17.6. The number of aromatic nitrogens is 2. The van der Waals surface area contributed by atoms with Gasteiger partial charge in [0, 0.05) is 41.0 Å². The lowest BCUT2D eigenvalue weighted by Gasteiger charge is -2.21. The second-order valence-electron chi connectivity index (χ2n) is 7.20. The number of rotatable bonds is 8. The van der Waals surface area contributed by atoms with Gasteiger partial charge < -0.3 is 4.98 Å².